The summed E-state index contributed by atoms with van der Waals surface area (Å²) in [5.74, 6) is -5.19. The molecule has 130 valence electrons. The first-order chi connectivity index (χ1) is 10.9. The molecule has 0 radical (unpaired) electrons. The van der Waals surface area contributed by atoms with Crippen LogP contribution in [0.2, 0.25) is 0 Å². The average molecular weight is 334 g/mol. The van der Waals surface area contributed by atoms with Gasteiger partial charge in [-0.3, -0.25) is 0 Å². The smallest absolute Gasteiger partial charge is 0.335 e. The number of rotatable bonds is 6. The quantitative estimate of drug-likeness (QED) is 0.471. The molecule has 0 bridgehead atoms. The van der Waals surface area contributed by atoms with Gasteiger partial charge in [-0.15, -0.1) is 0 Å². The van der Waals surface area contributed by atoms with Crippen LogP contribution in [-0.2, 0) is 30.6 Å². The summed E-state index contributed by atoms with van der Waals surface area (Å²) in [7, 11) is 0. The van der Waals surface area contributed by atoms with E-state index in [0.29, 0.717) is 0 Å². The van der Waals surface area contributed by atoms with Gasteiger partial charge in [-0.25, -0.2) is 9.59 Å². The van der Waals surface area contributed by atoms with Crippen LogP contribution in [0.15, 0.2) is 48.6 Å². The second kappa shape index (κ2) is 6.98. The molecule has 1 aromatic carbocycles. The molecule has 6 nitrogen and oxygen atoms in total. The lowest BCUT2D eigenvalue weighted by molar-refractivity contribution is -0.205. The number of esters is 2. The zero-order valence-electron chi connectivity index (χ0n) is 14.3. The van der Waals surface area contributed by atoms with Gasteiger partial charge >= 0.3 is 11.9 Å². The number of carbonyl (C=O) groups is 2. The molecule has 0 aliphatic rings. The molecule has 0 saturated heterocycles. The van der Waals surface area contributed by atoms with Crippen molar-refractivity contribution in [3.05, 3.63) is 59.7 Å². The van der Waals surface area contributed by atoms with Crippen LogP contribution < -0.4 is 0 Å². The predicted octanol–water partition coefficient (Wildman–Crippen LogP) is 2.26. The summed E-state index contributed by atoms with van der Waals surface area (Å²) in [6.45, 7) is 12.4. The van der Waals surface area contributed by atoms with Crippen LogP contribution in [0.5, 0.6) is 0 Å². The van der Waals surface area contributed by atoms with Crippen LogP contribution >= 0.6 is 0 Å². The first-order valence-corrected chi connectivity index (χ1v) is 7.20. The molecule has 2 N–H and O–H groups in total. The first kappa shape index (κ1) is 19.6. The lowest BCUT2D eigenvalue weighted by Crippen LogP contribution is -2.31. The fourth-order valence-corrected chi connectivity index (χ4v) is 1.74. The predicted molar refractivity (Wildman–Crippen MR) is 87.4 cm³/mol. The zero-order valence-corrected chi connectivity index (χ0v) is 14.3. The van der Waals surface area contributed by atoms with E-state index in [1.54, 1.807) is 0 Å². The van der Waals surface area contributed by atoms with Gasteiger partial charge in [0.25, 0.3) is 0 Å². The van der Waals surface area contributed by atoms with Crippen molar-refractivity contribution in [2.75, 3.05) is 0 Å². The van der Waals surface area contributed by atoms with E-state index in [1.807, 2.05) is 0 Å². The maximum atomic E-state index is 11.6. The highest BCUT2D eigenvalue weighted by Gasteiger charge is 2.31. The van der Waals surface area contributed by atoms with Crippen molar-refractivity contribution in [2.24, 2.45) is 0 Å². The Bertz CT molecular complexity index is 608. The second-order valence-corrected chi connectivity index (χ2v) is 5.88. The summed E-state index contributed by atoms with van der Waals surface area (Å²) in [6, 6.07) is 5.79. The molecule has 6 heteroatoms. The van der Waals surface area contributed by atoms with Gasteiger partial charge in [-0.1, -0.05) is 37.4 Å². The van der Waals surface area contributed by atoms with Crippen molar-refractivity contribution in [3.63, 3.8) is 0 Å². The maximum absolute atomic E-state index is 11.6. The Balaban J connectivity index is 2.99. The molecule has 0 saturated carbocycles. The maximum Gasteiger partial charge on any atom is 0.335 e. The van der Waals surface area contributed by atoms with Crippen molar-refractivity contribution in [2.45, 2.75) is 39.3 Å². The molecule has 0 fully saturated rings. The van der Waals surface area contributed by atoms with Gasteiger partial charge in [0.15, 0.2) is 0 Å². The minimum absolute atomic E-state index is 0.154. The highest BCUT2D eigenvalue weighted by Crippen LogP contribution is 2.28. The second-order valence-electron chi connectivity index (χ2n) is 5.88. The number of benzene rings is 1. The number of hydrogen-bond donors (Lipinski definition) is 2. The van der Waals surface area contributed by atoms with Crippen LogP contribution in [-0.4, -0.2) is 22.2 Å². The van der Waals surface area contributed by atoms with E-state index in [4.69, 9.17) is 9.47 Å². The molecule has 0 amide bonds. The molecule has 1 aromatic rings. The fourth-order valence-electron chi connectivity index (χ4n) is 1.74. The summed E-state index contributed by atoms with van der Waals surface area (Å²) in [5.41, 5.74) is 0.869. The first-order valence-electron chi connectivity index (χ1n) is 7.20. The summed E-state index contributed by atoms with van der Waals surface area (Å²) >= 11 is 0. The van der Waals surface area contributed by atoms with Gasteiger partial charge in [0.2, 0.25) is 11.6 Å². The summed E-state index contributed by atoms with van der Waals surface area (Å²) < 4.78 is 9.93. The molecule has 2 atom stereocenters. The van der Waals surface area contributed by atoms with Gasteiger partial charge in [-0.05, 0) is 13.8 Å². The Labute approximate surface area is 141 Å². The number of carbonyl (C=O) groups excluding carboxylic acids is 2. The third-order valence-corrected chi connectivity index (χ3v) is 3.24. The third kappa shape index (κ3) is 4.78. The molecule has 0 aromatic heterocycles. The summed E-state index contributed by atoms with van der Waals surface area (Å²) in [5, 5.41) is 20.5. The topological polar surface area (TPSA) is 93.1 Å². The van der Waals surface area contributed by atoms with Crippen molar-refractivity contribution in [1.29, 1.82) is 0 Å². The molecule has 0 heterocycles. The molecule has 2 unspecified atom stereocenters. The lowest BCUT2D eigenvalue weighted by Gasteiger charge is -2.27. The Morgan fingerprint density at radius 1 is 0.833 bits per heavy atom. The van der Waals surface area contributed by atoms with E-state index in [-0.39, 0.29) is 22.3 Å². The van der Waals surface area contributed by atoms with Gasteiger partial charge in [0.1, 0.15) is 0 Å². The molecule has 1 rings (SSSR count). The standard InChI is InChI=1S/C18H22O6/c1-11(2)15(19)23-17(5,21)13-7-9-14(10-8-13)18(6,22)24-16(20)12(3)4/h7-10,21-22H,1,3H2,2,4-6H3. The van der Waals surface area contributed by atoms with Gasteiger partial charge in [-0.2, -0.15) is 0 Å². The molecule has 0 aliphatic heterocycles. The van der Waals surface area contributed by atoms with Crippen molar-refractivity contribution in [3.8, 4) is 0 Å². The lowest BCUT2D eigenvalue weighted by atomic mass is 10.0. The number of aliphatic hydroxyl groups is 2. The van der Waals surface area contributed by atoms with Gasteiger partial charge in [0, 0.05) is 36.1 Å². The van der Waals surface area contributed by atoms with Crippen LogP contribution in [0.25, 0.3) is 0 Å². The molecule has 0 spiro atoms. The SMILES string of the molecule is C=C(C)C(=O)OC(C)(O)c1ccc(C(C)(O)OC(=O)C(=C)C)cc1. The van der Waals surface area contributed by atoms with Crippen LogP contribution in [0.4, 0.5) is 0 Å². The monoisotopic (exact) mass is 334 g/mol. The highest BCUT2D eigenvalue weighted by molar-refractivity contribution is 5.87. The van der Waals surface area contributed by atoms with E-state index >= 15 is 0 Å². The van der Waals surface area contributed by atoms with E-state index < -0.39 is 23.5 Å². The fraction of sp³-hybridized carbons (Fsp3) is 0.333. The Morgan fingerprint density at radius 2 is 1.08 bits per heavy atom. The minimum atomic E-state index is -1.87. The minimum Gasteiger partial charge on any atom is -0.426 e. The van der Waals surface area contributed by atoms with E-state index in [1.165, 1.54) is 52.0 Å². The summed E-state index contributed by atoms with van der Waals surface area (Å²) in [6.07, 6.45) is 0. The largest absolute Gasteiger partial charge is 0.426 e. The van der Waals surface area contributed by atoms with Gasteiger partial charge in [0.05, 0.1) is 0 Å². The highest BCUT2D eigenvalue weighted by atomic mass is 16.7. The van der Waals surface area contributed by atoms with Crippen molar-refractivity contribution in [1.82, 2.24) is 0 Å². The van der Waals surface area contributed by atoms with Crippen molar-refractivity contribution >= 4 is 11.9 Å². The van der Waals surface area contributed by atoms with Gasteiger partial charge < -0.3 is 19.7 Å². The van der Waals surface area contributed by atoms with E-state index in [9.17, 15) is 19.8 Å². The normalized spacial score (nSPS) is 15.6. The van der Waals surface area contributed by atoms with Crippen LogP contribution in [0.3, 0.4) is 0 Å². The Kier molecular flexibility index (Phi) is 5.71. The Morgan fingerprint density at radius 3 is 1.29 bits per heavy atom. The van der Waals surface area contributed by atoms with Crippen LogP contribution in [0.1, 0.15) is 38.8 Å². The third-order valence-electron chi connectivity index (χ3n) is 3.24. The van der Waals surface area contributed by atoms with Crippen LogP contribution in [0, 0.1) is 0 Å². The summed E-state index contributed by atoms with van der Waals surface area (Å²) in [4.78, 5) is 23.1. The Hall–Kier alpha value is -2.44. The van der Waals surface area contributed by atoms with E-state index in [0.717, 1.165) is 0 Å². The molecule has 24 heavy (non-hydrogen) atoms. The zero-order chi connectivity index (χ0) is 18.7. The number of ether oxygens (including phenoxy) is 2. The molecular weight excluding hydrogens is 312 g/mol. The average Bonchev–Trinajstić information content (AvgIpc) is 2.46. The van der Waals surface area contributed by atoms with Crippen molar-refractivity contribution < 1.29 is 29.3 Å². The van der Waals surface area contributed by atoms with E-state index in [2.05, 4.69) is 13.2 Å². The number of hydrogen-bond acceptors (Lipinski definition) is 6. The molecule has 0 aliphatic carbocycles. The molecular formula is C18H22O6.